The van der Waals surface area contributed by atoms with Crippen LogP contribution >= 0.6 is 0 Å². The van der Waals surface area contributed by atoms with Gasteiger partial charge in [0.15, 0.2) is 0 Å². The van der Waals surface area contributed by atoms with E-state index in [1.54, 1.807) is 0 Å². The van der Waals surface area contributed by atoms with E-state index in [1.807, 2.05) is 66.7 Å². The summed E-state index contributed by atoms with van der Waals surface area (Å²) in [5.74, 6) is 1.46. The number of aromatic nitrogens is 4. The Labute approximate surface area is 363 Å². The minimum absolute atomic E-state index is 0. The molecule has 59 heavy (non-hydrogen) atoms. The van der Waals surface area contributed by atoms with E-state index in [4.69, 9.17) is 14.4 Å². The molecule has 4 heterocycles. The maximum absolute atomic E-state index is 6.46. The number of imidazole rings is 1. The minimum atomic E-state index is -1.34. The Bertz CT molecular complexity index is 2850. The van der Waals surface area contributed by atoms with Crippen LogP contribution in [0.2, 0.25) is 19.6 Å². The van der Waals surface area contributed by atoms with Crippen LogP contribution in [-0.2, 0) is 31.9 Å². The molecule has 1 radical (unpaired) electrons. The van der Waals surface area contributed by atoms with Gasteiger partial charge in [0, 0.05) is 42.9 Å². The summed E-state index contributed by atoms with van der Waals surface area (Å²) in [6, 6.07) is 52.3. The summed E-state index contributed by atoms with van der Waals surface area (Å²) in [7, 11) is -1.34. The molecule has 0 unspecified atom stereocenters. The number of pyridine rings is 2. The second kappa shape index (κ2) is 17.0. The van der Waals surface area contributed by atoms with Crippen LogP contribution in [0.4, 0.5) is 0 Å². The van der Waals surface area contributed by atoms with Crippen molar-refractivity contribution in [3.8, 4) is 39.6 Å². The molecular formula is C52H50IrN4OSi-2. The third-order valence-electron chi connectivity index (χ3n) is 10.6. The molecule has 0 aliphatic carbocycles. The zero-order valence-electron chi connectivity index (χ0n) is 35.1. The quantitative estimate of drug-likeness (QED) is 0.118. The van der Waals surface area contributed by atoms with E-state index < -0.39 is 8.07 Å². The summed E-state index contributed by atoms with van der Waals surface area (Å²) in [6.07, 6.45) is 3.24. The minimum Gasteiger partial charge on any atom is -0.486 e. The van der Waals surface area contributed by atoms with Gasteiger partial charge < -0.3 is 14.0 Å². The molecule has 0 fully saturated rings. The first-order chi connectivity index (χ1) is 27.8. The van der Waals surface area contributed by atoms with Gasteiger partial charge in [-0.2, -0.15) is 0 Å². The van der Waals surface area contributed by atoms with Gasteiger partial charge in [-0.3, -0.25) is 4.98 Å². The summed E-state index contributed by atoms with van der Waals surface area (Å²) in [4.78, 5) is 14.6. The van der Waals surface area contributed by atoms with Crippen molar-refractivity contribution in [2.24, 2.45) is 5.92 Å². The molecule has 0 atom stereocenters. The average Bonchev–Trinajstić information content (AvgIpc) is 3.79. The normalized spacial score (nSPS) is 11.8. The van der Waals surface area contributed by atoms with Gasteiger partial charge in [0.2, 0.25) is 5.71 Å². The van der Waals surface area contributed by atoms with Gasteiger partial charge in [0.1, 0.15) is 0 Å². The Morgan fingerprint density at radius 1 is 0.729 bits per heavy atom. The molecule has 0 amide bonds. The molecule has 0 aliphatic heterocycles. The zero-order chi connectivity index (χ0) is 40.6. The predicted molar refractivity (Wildman–Crippen MR) is 245 cm³/mol. The number of rotatable bonds is 7. The van der Waals surface area contributed by atoms with Gasteiger partial charge in [-0.05, 0) is 70.6 Å². The van der Waals surface area contributed by atoms with Crippen molar-refractivity contribution in [2.45, 2.75) is 66.1 Å². The van der Waals surface area contributed by atoms with E-state index in [-0.39, 0.29) is 25.5 Å². The smallest absolute Gasteiger partial charge is 0.216 e. The van der Waals surface area contributed by atoms with Crippen molar-refractivity contribution in [2.75, 3.05) is 0 Å². The van der Waals surface area contributed by atoms with Crippen LogP contribution in [0.3, 0.4) is 0 Å². The number of hydrogen-bond donors (Lipinski definition) is 0. The van der Waals surface area contributed by atoms with Crippen molar-refractivity contribution in [1.82, 2.24) is 19.5 Å². The van der Waals surface area contributed by atoms with E-state index in [2.05, 4.69) is 149 Å². The molecule has 0 aliphatic rings. The Hall–Kier alpha value is -5.46. The zero-order valence-corrected chi connectivity index (χ0v) is 38.5. The molecule has 7 heteroatoms. The fourth-order valence-electron chi connectivity index (χ4n) is 7.60. The average molecular weight is 967 g/mol. The molecule has 299 valence electrons. The Kier molecular flexibility index (Phi) is 12.0. The first kappa shape index (κ1) is 41.7. The van der Waals surface area contributed by atoms with Crippen LogP contribution in [0, 0.1) is 18.1 Å². The van der Waals surface area contributed by atoms with Gasteiger partial charge in [-0.25, -0.2) is 4.98 Å². The van der Waals surface area contributed by atoms with Crippen LogP contribution in [0.5, 0.6) is 0 Å². The molecule has 9 rings (SSSR count). The predicted octanol–water partition coefficient (Wildman–Crippen LogP) is 13.0. The van der Waals surface area contributed by atoms with Crippen molar-refractivity contribution in [3.63, 3.8) is 0 Å². The van der Waals surface area contributed by atoms with Gasteiger partial charge in [0.05, 0.1) is 36.2 Å². The second-order valence-corrected chi connectivity index (χ2v) is 22.6. The molecule has 9 aromatic rings. The van der Waals surface area contributed by atoms with Crippen LogP contribution in [0.25, 0.3) is 72.7 Å². The largest absolute Gasteiger partial charge is 0.486 e. The number of fused-ring (bicyclic) bond motifs is 4. The van der Waals surface area contributed by atoms with Gasteiger partial charge in [0.25, 0.3) is 0 Å². The van der Waals surface area contributed by atoms with Gasteiger partial charge in [-0.15, -0.1) is 54.1 Å². The second-order valence-electron chi connectivity index (χ2n) is 17.5. The van der Waals surface area contributed by atoms with E-state index >= 15 is 0 Å². The maximum atomic E-state index is 6.46. The van der Waals surface area contributed by atoms with Crippen molar-refractivity contribution in [3.05, 3.63) is 163 Å². The number of para-hydroxylation sites is 2. The number of nitrogens with zero attached hydrogens (tertiary/aromatic N) is 4. The fraction of sp³-hybridized carbons (Fsp3) is 0.212. The van der Waals surface area contributed by atoms with Gasteiger partial charge in [-0.1, -0.05) is 131 Å². The number of furan rings is 1. The van der Waals surface area contributed by atoms with E-state index in [9.17, 15) is 0 Å². The Morgan fingerprint density at radius 2 is 1.46 bits per heavy atom. The van der Waals surface area contributed by atoms with Gasteiger partial charge >= 0.3 is 0 Å². The monoisotopic (exact) mass is 967 g/mol. The third kappa shape index (κ3) is 8.79. The van der Waals surface area contributed by atoms with Crippen LogP contribution in [0.15, 0.2) is 144 Å². The van der Waals surface area contributed by atoms with Crippen molar-refractivity contribution >= 4 is 46.4 Å². The Morgan fingerprint density at radius 3 is 2.15 bits per heavy atom. The summed E-state index contributed by atoms with van der Waals surface area (Å²) < 4.78 is 8.65. The first-order valence-electron chi connectivity index (χ1n) is 20.2. The van der Waals surface area contributed by atoms with Crippen LogP contribution in [0.1, 0.15) is 45.7 Å². The van der Waals surface area contributed by atoms with Crippen LogP contribution in [-0.4, -0.2) is 27.6 Å². The van der Waals surface area contributed by atoms with E-state index in [0.717, 1.165) is 73.4 Å². The van der Waals surface area contributed by atoms with E-state index in [1.165, 1.54) is 16.3 Å². The Balaban J connectivity index is 0.000000214. The fourth-order valence-corrected chi connectivity index (χ4v) is 9.19. The molecule has 0 saturated carbocycles. The van der Waals surface area contributed by atoms with Crippen molar-refractivity contribution in [1.29, 1.82) is 0 Å². The number of benzene rings is 5. The third-order valence-corrected chi connectivity index (χ3v) is 12.6. The molecule has 5 nitrogen and oxygen atoms in total. The number of hydrogen-bond acceptors (Lipinski definition) is 4. The first-order valence-corrected chi connectivity index (χ1v) is 23.7. The molecule has 0 saturated heterocycles. The molecule has 0 spiro atoms. The standard InChI is InChI=1S/C34H26N3O.C18H24NSi.Ir/c1-34(2,3)23-16-18-24(19-17-23)37-30-15-8-7-14-29(30)35-32(37)27-13-9-12-25-26-20-21-28(22-10-5-4-6-11-22)36-33(26)38-31(25)27;1-14(2)11-16-12-17(15-9-7-6-8-10-15)19-13-18(16)20(3,4)5;/h4-12,14-21H,1-3H3;6-9,12-14H,11H2,1-5H3;/q2*-1;. The molecule has 0 N–H and O–H groups in total. The molecule has 0 bridgehead atoms. The maximum Gasteiger partial charge on any atom is 0.216 e. The van der Waals surface area contributed by atoms with E-state index in [0.29, 0.717) is 11.6 Å². The summed E-state index contributed by atoms with van der Waals surface area (Å²) >= 11 is 0. The molecule has 4 aromatic heterocycles. The van der Waals surface area contributed by atoms with Crippen LogP contribution < -0.4 is 5.19 Å². The summed E-state index contributed by atoms with van der Waals surface area (Å²) in [5, 5.41) is 3.47. The summed E-state index contributed by atoms with van der Waals surface area (Å²) in [6.45, 7) is 18.4. The SMILES string of the molecule is CC(C)(C)c1ccc(-n2c(-c3[c-]ccc4c3oc3nc(-c5ccccc5)ccc34)nc3ccccc32)cc1.CC(C)Cc1cc(-c2[c-]cccc2)ncc1[Si](C)(C)C.[Ir]. The molecular weight excluding hydrogens is 917 g/mol. The topological polar surface area (TPSA) is 56.7 Å². The van der Waals surface area contributed by atoms with Crippen molar-refractivity contribution < 1.29 is 24.5 Å². The molecule has 5 aromatic carbocycles. The summed E-state index contributed by atoms with van der Waals surface area (Å²) in [5.41, 5.74) is 12.1.